The summed E-state index contributed by atoms with van der Waals surface area (Å²) in [6, 6.07) is 10.4. The molecule has 0 spiro atoms. The lowest BCUT2D eigenvalue weighted by Gasteiger charge is -2.26. The number of nitrogens with zero attached hydrogens (tertiary/aromatic N) is 1. The fourth-order valence-electron chi connectivity index (χ4n) is 1.65. The minimum Gasteiger partial charge on any atom is -0.461 e. The second-order valence-corrected chi connectivity index (χ2v) is 3.81. The molecular formula is C13H15NO3. The summed E-state index contributed by atoms with van der Waals surface area (Å²) in [5.41, 5.74) is 0.519. The summed E-state index contributed by atoms with van der Waals surface area (Å²) < 4.78 is 10.4. The lowest BCUT2D eigenvalue weighted by atomic mass is 10.2. The van der Waals surface area contributed by atoms with Crippen LogP contribution in [0, 0.1) is 12.1 Å². The molecule has 4 heteroatoms. The van der Waals surface area contributed by atoms with E-state index in [4.69, 9.17) is 9.47 Å². The van der Waals surface area contributed by atoms with Crippen LogP contribution in [-0.4, -0.2) is 50.3 Å². The van der Waals surface area contributed by atoms with Crippen molar-refractivity contribution in [3.63, 3.8) is 0 Å². The average Bonchev–Trinajstić information content (AvgIpc) is 2.41. The Kier molecular flexibility index (Phi) is 4.37. The standard InChI is InChI=1S/C13H15NO3/c15-13(12-4-2-1-3-5-12)17-11-8-14-6-9-16-10-7-14/h2,4-5H,6-11H2. The molecule has 0 N–H and O–H groups in total. The van der Waals surface area contributed by atoms with E-state index in [9.17, 15) is 4.79 Å². The van der Waals surface area contributed by atoms with Gasteiger partial charge in [-0.15, -0.1) is 0 Å². The van der Waals surface area contributed by atoms with Gasteiger partial charge in [0.1, 0.15) is 6.61 Å². The minimum absolute atomic E-state index is 0.302. The van der Waals surface area contributed by atoms with Crippen LogP contribution in [0.25, 0.3) is 0 Å². The monoisotopic (exact) mass is 233 g/mol. The van der Waals surface area contributed by atoms with Gasteiger partial charge in [-0.1, -0.05) is 12.1 Å². The summed E-state index contributed by atoms with van der Waals surface area (Å²) >= 11 is 0. The number of hydrogen-bond donors (Lipinski definition) is 0. The van der Waals surface area contributed by atoms with Crippen LogP contribution in [0.1, 0.15) is 10.4 Å². The maximum atomic E-state index is 11.6. The number of rotatable bonds is 4. The van der Waals surface area contributed by atoms with Gasteiger partial charge in [0.15, 0.2) is 0 Å². The van der Waals surface area contributed by atoms with Crippen molar-refractivity contribution in [2.45, 2.75) is 0 Å². The highest BCUT2D eigenvalue weighted by molar-refractivity contribution is 5.89. The average molecular weight is 233 g/mol. The van der Waals surface area contributed by atoms with Gasteiger partial charge in [0, 0.05) is 25.7 Å². The topological polar surface area (TPSA) is 38.8 Å². The normalized spacial score (nSPS) is 16.2. The largest absolute Gasteiger partial charge is 0.461 e. The number of morpholine rings is 1. The molecule has 0 saturated carbocycles. The van der Waals surface area contributed by atoms with Crippen molar-refractivity contribution < 1.29 is 14.3 Å². The third-order valence-electron chi connectivity index (χ3n) is 2.64. The third kappa shape index (κ3) is 3.74. The van der Waals surface area contributed by atoms with Crippen molar-refractivity contribution >= 4 is 5.97 Å². The van der Waals surface area contributed by atoms with E-state index < -0.39 is 0 Å². The molecule has 0 aromatic heterocycles. The van der Waals surface area contributed by atoms with E-state index in [-0.39, 0.29) is 5.97 Å². The Bertz CT molecular complexity index is 347. The third-order valence-corrected chi connectivity index (χ3v) is 2.64. The summed E-state index contributed by atoms with van der Waals surface area (Å²) in [6.45, 7) is 4.52. The van der Waals surface area contributed by atoms with Crippen LogP contribution < -0.4 is 0 Å². The van der Waals surface area contributed by atoms with Gasteiger partial charge in [-0.2, -0.15) is 0 Å². The van der Waals surface area contributed by atoms with E-state index in [1.165, 1.54) is 0 Å². The number of esters is 1. The molecule has 4 nitrogen and oxygen atoms in total. The van der Waals surface area contributed by atoms with E-state index in [0.717, 1.165) is 32.8 Å². The molecule has 1 heterocycles. The lowest BCUT2D eigenvalue weighted by Crippen LogP contribution is -2.38. The van der Waals surface area contributed by atoms with Gasteiger partial charge in [-0.3, -0.25) is 4.90 Å². The second-order valence-electron chi connectivity index (χ2n) is 3.81. The minimum atomic E-state index is -0.302. The number of ether oxygens (including phenoxy) is 2. The van der Waals surface area contributed by atoms with Crippen LogP contribution >= 0.6 is 0 Å². The molecule has 1 fully saturated rings. The zero-order valence-corrected chi connectivity index (χ0v) is 9.65. The van der Waals surface area contributed by atoms with Gasteiger partial charge in [0.05, 0.1) is 18.8 Å². The van der Waals surface area contributed by atoms with Gasteiger partial charge >= 0.3 is 5.97 Å². The highest BCUT2D eigenvalue weighted by atomic mass is 16.5. The van der Waals surface area contributed by atoms with E-state index in [1.54, 1.807) is 18.2 Å². The van der Waals surface area contributed by atoms with Gasteiger partial charge in [0.25, 0.3) is 0 Å². The highest BCUT2D eigenvalue weighted by Gasteiger charge is 2.11. The molecule has 0 unspecified atom stereocenters. The predicted octanol–water partition coefficient (Wildman–Crippen LogP) is 0.776. The Morgan fingerprint density at radius 3 is 2.94 bits per heavy atom. The van der Waals surface area contributed by atoms with Gasteiger partial charge in [-0.05, 0) is 12.1 Å². The van der Waals surface area contributed by atoms with Crippen LogP contribution in [-0.2, 0) is 9.47 Å². The van der Waals surface area contributed by atoms with Gasteiger partial charge in [-0.25, -0.2) is 4.79 Å². The smallest absolute Gasteiger partial charge is 0.338 e. The fraction of sp³-hybridized carbons (Fsp3) is 0.462. The van der Waals surface area contributed by atoms with Crippen LogP contribution in [0.5, 0.6) is 0 Å². The van der Waals surface area contributed by atoms with Crippen molar-refractivity contribution in [1.29, 1.82) is 0 Å². The molecule has 1 aromatic rings. The second kappa shape index (κ2) is 6.24. The van der Waals surface area contributed by atoms with Crippen molar-refractivity contribution in [1.82, 2.24) is 4.90 Å². The van der Waals surface area contributed by atoms with Crippen LogP contribution in [0.15, 0.2) is 18.2 Å². The molecule has 2 rings (SSSR count). The molecule has 0 amide bonds. The Morgan fingerprint density at radius 2 is 2.24 bits per heavy atom. The van der Waals surface area contributed by atoms with Crippen molar-refractivity contribution in [2.24, 2.45) is 0 Å². The molecule has 90 valence electrons. The van der Waals surface area contributed by atoms with Crippen molar-refractivity contribution in [3.8, 4) is 0 Å². The van der Waals surface area contributed by atoms with Crippen molar-refractivity contribution in [2.75, 3.05) is 39.5 Å². The van der Waals surface area contributed by atoms with Gasteiger partial charge in [0.2, 0.25) is 0 Å². The Labute approximate surface area is 101 Å². The molecule has 0 bridgehead atoms. The lowest BCUT2D eigenvalue weighted by molar-refractivity contribution is 0.0195. The molecular weight excluding hydrogens is 218 g/mol. The molecule has 17 heavy (non-hydrogen) atoms. The molecule has 1 aliphatic rings. The predicted molar refractivity (Wildman–Crippen MR) is 61.7 cm³/mol. The first kappa shape index (κ1) is 11.9. The zero-order valence-electron chi connectivity index (χ0n) is 9.65. The van der Waals surface area contributed by atoms with E-state index in [0.29, 0.717) is 12.2 Å². The van der Waals surface area contributed by atoms with E-state index in [1.807, 2.05) is 0 Å². The quantitative estimate of drug-likeness (QED) is 0.720. The highest BCUT2D eigenvalue weighted by Crippen LogP contribution is 2.00. The Morgan fingerprint density at radius 1 is 1.41 bits per heavy atom. The van der Waals surface area contributed by atoms with Gasteiger partial charge < -0.3 is 9.47 Å². The van der Waals surface area contributed by atoms with E-state index >= 15 is 0 Å². The summed E-state index contributed by atoms with van der Waals surface area (Å²) in [7, 11) is 0. The maximum absolute atomic E-state index is 11.6. The molecule has 0 radical (unpaired) electrons. The molecule has 1 aliphatic heterocycles. The van der Waals surface area contributed by atoms with Crippen LogP contribution in [0.2, 0.25) is 0 Å². The Balaban J connectivity index is 1.69. The summed E-state index contributed by atoms with van der Waals surface area (Å²) in [6.07, 6.45) is 0. The van der Waals surface area contributed by atoms with E-state index in [2.05, 4.69) is 17.0 Å². The zero-order chi connectivity index (χ0) is 11.9. The maximum Gasteiger partial charge on any atom is 0.338 e. The summed E-state index contributed by atoms with van der Waals surface area (Å²) in [5, 5.41) is 0. The molecule has 0 atom stereocenters. The van der Waals surface area contributed by atoms with Crippen LogP contribution in [0.3, 0.4) is 0 Å². The summed E-state index contributed by atoms with van der Waals surface area (Å²) in [4.78, 5) is 13.8. The first-order valence-corrected chi connectivity index (χ1v) is 5.71. The SMILES string of the molecule is O=C(OCCN1CCOCC1)c1cc#ccc1. The number of hydrogen-bond acceptors (Lipinski definition) is 4. The summed E-state index contributed by atoms with van der Waals surface area (Å²) in [5.74, 6) is -0.302. The first-order valence-electron chi connectivity index (χ1n) is 5.71. The molecule has 1 saturated heterocycles. The number of carbonyl (C=O) groups is 1. The Hall–Kier alpha value is -1.57. The van der Waals surface area contributed by atoms with Crippen LogP contribution in [0.4, 0.5) is 0 Å². The molecule has 0 aliphatic carbocycles. The number of carbonyl (C=O) groups excluding carboxylic acids is 1. The van der Waals surface area contributed by atoms with Crippen molar-refractivity contribution in [3.05, 3.63) is 35.9 Å². The molecule has 1 aromatic carbocycles. The first-order chi connectivity index (χ1) is 8.36. The fourth-order valence-corrected chi connectivity index (χ4v) is 1.65.